The van der Waals surface area contributed by atoms with E-state index in [1.807, 2.05) is 20.8 Å². The van der Waals surface area contributed by atoms with Crippen molar-refractivity contribution < 1.29 is 38.4 Å². The lowest BCUT2D eigenvalue weighted by Gasteiger charge is -2.27. The van der Waals surface area contributed by atoms with Gasteiger partial charge in [-0.15, -0.1) is 0 Å². The Kier molecular flexibility index (Phi) is 9.86. The van der Waals surface area contributed by atoms with Crippen LogP contribution in [0.15, 0.2) is 35.9 Å². The molecule has 212 valence electrons. The Labute approximate surface area is 230 Å². The number of carbonyl (C=O) groups excluding carboxylic acids is 2. The van der Waals surface area contributed by atoms with E-state index in [1.54, 1.807) is 30.3 Å². The largest absolute Gasteiger partial charge is 0.507 e. The highest BCUT2D eigenvalue weighted by atomic mass is 16.5. The number of benzene rings is 2. The number of carbonyl (C=O) groups is 2. The minimum Gasteiger partial charge on any atom is -0.507 e. The highest BCUT2D eigenvalue weighted by molar-refractivity contribution is 6.46. The number of aliphatic hydroxyl groups is 1. The van der Waals surface area contributed by atoms with Crippen LogP contribution in [0.3, 0.4) is 0 Å². The number of hydrogen-bond acceptors (Lipinski definition) is 8. The number of nitrogens with zero attached hydrogens (tertiary/aromatic N) is 1. The van der Waals surface area contributed by atoms with Crippen LogP contribution >= 0.6 is 0 Å². The zero-order valence-electron chi connectivity index (χ0n) is 24.0. The van der Waals surface area contributed by atoms with Crippen LogP contribution in [0.1, 0.15) is 50.4 Å². The maximum absolute atomic E-state index is 13.4. The molecule has 2 aromatic carbocycles. The number of methoxy groups -OCH3 is 3. The lowest BCUT2D eigenvalue weighted by Crippen LogP contribution is -2.33. The van der Waals surface area contributed by atoms with E-state index < -0.39 is 17.7 Å². The second-order valence-electron chi connectivity index (χ2n) is 10.1. The molecular weight excluding hydrogens is 502 g/mol. The fourth-order valence-electron chi connectivity index (χ4n) is 4.47. The third kappa shape index (κ3) is 6.47. The zero-order chi connectivity index (χ0) is 28.9. The van der Waals surface area contributed by atoms with E-state index in [0.29, 0.717) is 46.6 Å². The lowest BCUT2D eigenvalue weighted by molar-refractivity contribution is -0.140. The zero-order valence-corrected chi connectivity index (χ0v) is 24.0. The summed E-state index contributed by atoms with van der Waals surface area (Å²) in [6, 6.07) is 7.62. The van der Waals surface area contributed by atoms with Gasteiger partial charge in [0.05, 0.1) is 52.3 Å². The number of hydrogen-bond donors (Lipinski definition) is 1. The van der Waals surface area contributed by atoms with E-state index in [0.717, 1.165) is 5.56 Å². The van der Waals surface area contributed by atoms with Gasteiger partial charge >= 0.3 is 0 Å². The number of ether oxygens (including phenoxy) is 5. The second kappa shape index (κ2) is 12.9. The molecule has 1 aliphatic rings. The summed E-state index contributed by atoms with van der Waals surface area (Å²) < 4.78 is 28.0. The Hall–Kier alpha value is -3.72. The molecule has 1 aliphatic heterocycles. The highest BCUT2D eigenvalue weighted by Gasteiger charge is 2.46. The third-order valence-electron chi connectivity index (χ3n) is 6.35. The van der Waals surface area contributed by atoms with Crippen LogP contribution in [0.5, 0.6) is 23.0 Å². The van der Waals surface area contributed by atoms with Crippen LogP contribution in [-0.4, -0.2) is 68.9 Å². The molecule has 39 heavy (non-hydrogen) atoms. The number of ketones is 1. The minimum atomic E-state index is -0.911. The summed E-state index contributed by atoms with van der Waals surface area (Å²) in [5.41, 5.74) is 1.68. The number of aryl methyl sites for hydroxylation is 1. The topological polar surface area (TPSA) is 104 Å². The predicted molar refractivity (Wildman–Crippen MR) is 148 cm³/mol. The van der Waals surface area contributed by atoms with E-state index in [2.05, 4.69) is 13.8 Å². The average Bonchev–Trinajstić information content (AvgIpc) is 3.15. The highest BCUT2D eigenvalue weighted by Crippen LogP contribution is 2.45. The van der Waals surface area contributed by atoms with Gasteiger partial charge in [-0.2, -0.15) is 0 Å². The monoisotopic (exact) mass is 541 g/mol. The molecule has 9 heteroatoms. The molecule has 2 aromatic rings. The Morgan fingerprint density at radius 2 is 1.59 bits per heavy atom. The second-order valence-corrected chi connectivity index (χ2v) is 10.1. The quantitative estimate of drug-likeness (QED) is 0.230. The number of rotatable bonds is 12. The molecule has 0 spiro atoms. The summed E-state index contributed by atoms with van der Waals surface area (Å²) in [7, 11) is 4.46. The van der Waals surface area contributed by atoms with Crippen molar-refractivity contribution in [3.05, 3.63) is 52.6 Å². The summed E-state index contributed by atoms with van der Waals surface area (Å²) in [6.07, 6.45) is -0.0548. The number of amides is 1. The van der Waals surface area contributed by atoms with Gasteiger partial charge in [-0.25, -0.2) is 0 Å². The molecule has 0 bridgehead atoms. The Balaban J connectivity index is 2.17. The smallest absolute Gasteiger partial charge is 0.295 e. The molecule has 0 aliphatic carbocycles. The van der Waals surface area contributed by atoms with E-state index in [-0.39, 0.29) is 30.6 Å². The lowest BCUT2D eigenvalue weighted by atomic mass is 9.94. The van der Waals surface area contributed by atoms with Crippen LogP contribution in [0, 0.1) is 12.8 Å². The Bertz CT molecular complexity index is 1210. The summed E-state index contributed by atoms with van der Waals surface area (Å²) in [4.78, 5) is 28.1. The van der Waals surface area contributed by atoms with Gasteiger partial charge < -0.3 is 33.7 Å². The van der Waals surface area contributed by atoms with E-state index in [1.165, 1.54) is 26.2 Å². The van der Waals surface area contributed by atoms with Gasteiger partial charge in [0.1, 0.15) is 11.5 Å². The molecule has 1 heterocycles. The predicted octanol–water partition coefficient (Wildman–Crippen LogP) is 4.90. The molecule has 1 atom stereocenters. The molecule has 0 aromatic heterocycles. The van der Waals surface area contributed by atoms with Gasteiger partial charge in [-0.1, -0.05) is 13.8 Å². The van der Waals surface area contributed by atoms with Crippen molar-refractivity contribution in [2.75, 3.05) is 41.1 Å². The fraction of sp³-hybridized carbons (Fsp3) is 0.467. The van der Waals surface area contributed by atoms with Crippen molar-refractivity contribution in [1.29, 1.82) is 0 Å². The first kappa shape index (κ1) is 29.8. The number of likely N-dealkylation sites (tertiary alicyclic amines) is 1. The van der Waals surface area contributed by atoms with E-state index >= 15 is 0 Å². The number of aliphatic hydroxyl groups excluding tert-OH is 1. The van der Waals surface area contributed by atoms with E-state index in [4.69, 9.17) is 23.7 Å². The van der Waals surface area contributed by atoms with Gasteiger partial charge in [-0.3, -0.25) is 9.59 Å². The van der Waals surface area contributed by atoms with Crippen molar-refractivity contribution in [3.8, 4) is 23.0 Å². The van der Waals surface area contributed by atoms with Crippen LogP contribution in [-0.2, 0) is 14.3 Å². The summed E-state index contributed by atoms with van der Waals surface area (Å²) in [5.74, 6) is 0.343. The fourth-order valence-corrected chi connectivity index (χ4v) is 4.47. The van der Waals surface area contributed by atoms with Crippen LogP contribution in [0.25, 0.3) is 5.76 Å². The van der Waals surface area contributed by atoms with Gasteiger partial charge in [0.15, 0.2) is 11.5 Å². The minimum absolute atomic E-state index is 0.0333. The number of Topliss-reactive ketones (excluding diaryl/α,β-unsaturated/α-hetero) is 1. The Morgan fingerprint density at radius 1 is 0.949 bits per heavy atom. The van der Waals surface area contributed by atoms with Crippen molar-refractivity contribution in [3.63, 3.8) is 0 Å². The van der Waals surface area contributed by atoms with Crippen LogP contribution in [0.4, 0.5) is 0 Å². The maximum atomic E-state index is 13.4. The van der Waals surface area contributed by atoms with E-state index in [9.17, 15) is 14.7 Å². The molecule has 1 unspecified atom stereocenters. The molecule has 1 saturated heterocycles. The molecular formula is C30H39NO8. The first-order valence-electron chi connectivity index (χ1n) is 13.0. The maximum Gasteiger partial charge on any atom is 0.295 e. The molecule has 0 saturated carbocycles. The van der Waals surface area contributed by atoms with Crippen molar-refractivity contribution >= 4 is 17.4 Å². The van der Waals surface area contributed by atoms with Crippen molar-refractivity contribution in [2.24, 2.45) is 5.92 Å². The molecule has 1 N–H and O–H groups in total. The molecule has 1 amide bonds. The van der Waals surface area contributed by atoms with Gasteiger partial charge in [0.25, 0.3) is 11.7 Å². The normalized spacial score (nSPS) is 16.8. The van der Waals surface area contributed by atoms with Crippen LogP contribution < -0.4 is 18.9 Å². The van der Waals surface area contributed by atoms with Gasteiger partial charge in [0.2, 0.25) is 5.75 Å². The third-order valence-corrected chi connectivity index (χ3v) is 6.35. The molecule has 9 nitrogen and oxygen atoms in total. The molecule has 0 radical (unpaired) electrons. The molecule has 1 fully saturated rings. The summed E-state index contributed by atoms with van der Waals surface area (Å²) in [6.45, 7) is 10.7. The van der Waals surface area contributed by atoms with Crippen molar-refractivity contribution in [1.82, 2.24) is 4.90 Å². The summed E-state index contributed by atoms with van der Waals surface area (Å²) >= 11 is 0. The molecule has 3 rings (SSSR count). The average molecular weight is 542 g/mol. The summed E-state index contributed by atoms with van der Waals surface area (Å²) in [5, 5.41) is 11.5. The first-order chi connectivity index (χ1) is 18.5. The standard InChI is InChI=1S/C30H39NO8/c1-17(2)16-39-22-10-9-20(13-19(22)5)27(32)25-26(31(30(34)28(25)33)11-12-38-18(3)4)21-14-23(35-6)29(37-8)24(15-21)36-7/h9-10,13-15,17-18,26,32H,11-12,16H2,1-8H3/b27-25+. The van der Waals surface area contributed by atoms with Crippen molar-refractivity contribution in [2.45, 2.75) is 46.8 Å². The first-order valence-corrected chi connectivity index (χ1v) is 13.0. The van der Waals surface area contributed by atoms with Crippen LogP contribution in [0.2, 0.25) is 0 Å². The van der Waals surface area contributed by atoms with Gasteiger partial charge in [-0.05, 0) is 68.1 Å². The Morgan fingerprint density at radius 3 is 2.10 bits per heavy atom. The SMILES string of the molecule is COc1cc(C2/C(=C(\O)c3ccc(OCC(C)C)c(C)c3)C(=O)C(=O)N2CCOC(C)C)cc(OC)c1OC. The van der Waals surface area contributed by atoms with Gasteiger partial charge in [0, 0.05) is 12.1 Å².